The minimum Gasteiger partial charge on any atom is -0.259 e. The summed E-state index contributed by atoms with van der Waals surface area (Å²) >= 11 is 0. The predicted octanol–water partition coefficient (Wildman–Crippen LogP) is 1.99. The topological polar surface area (TPSA) is 86.3 Å². The van der Waals surface area contributed by atoms with E-state index in [1.54, 1.807) is 0 Å². The first-order chi connectivity index (χ1) is 6.43. The summed E-state index contributed by atoms with van der Waals surface area (Å²) in [6, 6.07) is 2.42. The first kappa shape index (κ1) is 14.0. The van der Waals surface area contributed by atoms with Crippen LogP contribution in [0.5, 0.6) is 0 Å². The summed E-state index contributed by atoms with van der Waals surface area (Å²) < 4.78 is 0. The third-order valence-corrected chi connectivity index (χ3v) is 1.81. The molecule has 0 saturated carbocycles. The van der Waals surface area contributed by atoms with E-state index >= 15 is 0 Å². The maximum atomic E-state index is 10.5. The third-order valence-electron chi connectivity index (χ3n) is 1.81. The Kier molecular flexibility index (Phi) is 4.83. The van der Waals surface area contributed by atoms with Crippen molar-refractivity contribution in [2.45, 2.75) is 6.92 Å². The summed E-state index contributed by atoms with van der Waals surface area (Å²) in [7, 11) is 0. The first-order valence-corrected chi connectivity index (χ1v) is 3.69. The van der Waals surface area contributed by atoms with Crippen LogP contribution in [0.1, 0.15) is 11.1 Å². The largest absolute Gasteiger partial charge is 0.259 e. The van der Waals surface area contributed by atoms with E-state index in [0.717, 1.165) is 0 Å². The van der Waals surface area contributed by atoms with Gasteiger partial charge >= 0.3 is 0 Å². The van der Waals surface area contributed by atoms with Crippen molar-refractivity contribution in [3.63, 3.8) is 0 Å². The van der Waals surface area contributed by atoms with Gasteiger partial charge in [-0.2, -0.15) is 12.5 Å². The molecular formula is C8H7N2O4Y-. The zero-order valence-corrected chi connectivity index (χ0v) is 10.8. The van der Waals surface area contributed by atoms with Crippen molar-refractivity contribution >= 4 is 11.4 Å². The number of hydrogen-bond acceptors (Lipinski definition) is 4. The third kappa shape index (κ3) is 2.97. The molecule has 0 saturated heterocycles. The van der Waals surface area contributed by atoms with Crippen LogP contribution < -0.4 is 0 Å². The van der Waals surface area contributed by atoms with Crippen LogP contribution in [0, 0.1) is 34.1 Å². The van der Waals surface area contributed by atoms with Crippen molar-refractivity contribution in [1.29, 1.82) is 0 Å². The Hall–Kier alpha value is -1.01. The van der Waals surface area contributed by atoms with Crippen molar-refractivity contribution in [3.05, 3.63) is 50.4 Å². The number of nitro benzene ring substituents is 2. The normalized spacial score (nSPS) is 9.13. The predicted molar refractivity (Wildman–Crippen MR) is 48.9 cm³/mol. The molecule has 0 aromatic heterocycles. The number of rotatable bonds is 2. The smallest absolute Gasteiger partial charge is 0.226 e. The van der Waals surface area contributed by atoms with E-state index in [1.165, 1.54) is 19.1 Å². The molecule has 0 spiro atoms. The van der Waals surface area contributed by atoms with E-state index in [-0.39, 0.29) is 55.2 Å². The average molecular weight is 284 g/mol. The molecule has 0 aliphatic rings. The molecule has 0 amide bonds. The molecule has 1 aromatic rings. The number of hydrogen-bond donors (Lipinski definition) is 0. The Balaban J connectivity index is 0.00000196. The molecule has 6 nitrogen and oxygen atoms in total. The van der Waals surface area contributed by atoms with Crippen LogP contribution >= 0.6 is 0 Å². The molecule has 0 fully saturated rings. The zero-order chi connectivity index (χ0) is 10.9. The minimum atomic E-state index is -0.656. The summed E-state index contributed by atoms with van der Waals surface area (Å²) in [5.74, 6) is 0. The average Bonchev–Trinajstić information content (AvgIpc) is 2.07. The van der Waals surface area contributed by atoms with Crippen LogP contribution in [0.4, 0.5) is 11.4 Å². The van der Waals surface area contributed by atoms with E-state index in [0.29, 0.717) is 0 Å². The summed E-state index contributed by atoms with van der Waals surface area (Å²) in [5, 5.41) is 21.0. The molecule has 1 aromatic carbocycles. The Morgan fingerprint density at radius 3 is 1.73 bits per heavy atom. The maximum Gasteiger partial charge on any atom is 0.226 e. The molecule has 1 rings (SSSR count). The van der Waals surface area contributed by atoms with Gasteiger partial charge in [-0.3, -0.25) is 20.2 Å². The molecule has 0 aliphatic heterocycles. The molecule has 1 radical (unpaired) electrons. The number of nitrogens with zero attached hydrogens (tertiary/aromatic N) is 2. The van der Waals surface area contributed by atoms with Crippen LogP contribution in [0.15, 0.2) is 12.1 Å². The molecule has 0 unspecified atom stereocenters. The van der Waals surface area contributed by atoms with Crippen LogP contribution in [-0.2, 0) is 32.7 Å². The monoisotopic (exact) mass is 284 g/mol. The van der Waals surface area contributed by atoms with Gasteiger partial charge in [0, 0.05) is 42.6 Å². The van der Waals surface area contributed by atoms with Crippen molar-refractivity contribution in [3.8, 4) is 0 Å². The molecule has 15 heavy (non-hydrogen) atoms. The van der Waals surface area contributed by atoms with Gasteiger partial charge in [0.15, 0.2) is 0 Å². The maximum absolute atomic E-state index is 10.5. The fourth-order valence-corrected chi connectivity index (χ4v) is 1.12. The van der Waals surface area contributed by atoms with Crippen LogP contribution in [0.25, 0.3) is 0 Å². The first-order valence-electron chi connectivity index (χ1n) is 3.69. The van der Waals surface area contributed by atoms with Crippen molar-refractivity contribution in [2.24, 2.45) is 0 Å². The number of nitro groups is 2. The van der Waals surface area contributed by atoms with Gasteiger partial charge in [-0.15, -0.1) is 0 Å². The van der Waals surface area contributed by atoms with Crippen LogP contribution in [0.3, 0.4) is 0 Å². The second-order valence-electron chi connectivity index (χ2n) is 2.77. The Labute approximate surface area is 111 Å². The van der Waals surface area contributed by atoms with E-state index in [2.05, 4.69) is 6.92 Å². The van der Waals surface area contributed by atoms with Crippen molar-refractivity contribution in [1.82, 2.24) is 0 Å². The van der Waals surface area contributed by atoms with Gasteiger partial charge in [0.25, 0.3) is 0 Å². The molecule has 77 valence electrons. The van der Waals surface area contributed by atoms with Gasteiger partial charge in [0.05, 0.1) is 5.56 Å². The van der Waals surface area contributed by atoms with E-state index < -0.39 is 9.85 Å². The van der Waals surface area contributed by atoms with E-state index in [1.807, 2.05) is 0 Å². The SMILES string of the molecule is [CH2-]c1cc([N+](=O)[O-])c(C)c([N+](=O)[O-])c1.[Y]. The Morgan fingerprint density at radius 1 is 1.13 bits per heavy atom. The standard InChI is InChI=1S/C8H7N2O4.Y/c1-5-3-7(9(11)12)6(2)8(4-5)10(13)14;/h3-4H,1H2,2H3;/q-1;. The Bertz CT molecular complexity index is 384. The molecule has 0 aliphatic carbocycles. The van der Waals surface area contributed by atoms with Gasteiger partial charge < -0.3 is 0 Å². The fraction of sp³-hybridized carbons (Fsp3) is 0.125. The van der Waals surface area contributed by atoms with Crippen molar-refractivity contribution in [2.75, 3.05) is 0 Å². The van der Waals surface area contributed by atoms with Gasteiger partial charge in [-0.05, 0) is 6.92 Å². The quantitative estimate of drug-likeness (QED) is 0.472. The zero-order valence-electron chi connectivity index (χ0n) is 7.97. The molecule has 0 N–H and O–H groups in total. The van der Waals surface area contributed by atoms with Crippen LogP contribution in [-0.4, -0.2) is 9.85 Å². The minimum absolute atomic E-state index is 0. The molecule has 0 atom stereocenters. The summed E-state index contributed by atoms with van der Waals surface area (Å²) in [5.41, 5.74) is -0.241. The van der Waals surface area contributed by atoms with Gasteiger partial charge in [-0.25, -0.2) is 0 Å². The second-order valence-corrected chi connectivity index (χ2v) is 2.77. The fourth-order valence-electron chi connectivity index (χ4n) is 1.12. The molecule has 0 bridgehead atoms. The Morgan fingerprint density at radius 2 is 1.47 bits per heavy atom. The van der Waals surface area contributed by atoms with Gasteiger partial charge in [-0.1, -0.05) is 12.1 Å². The van der Waals surface area contributed by atoms with Crippen LogP contribution in [0.2, 0.25) is 0 Å². The van der Waals surface area contributed by atoms with E-state index in [4.69, 9.17) is 0 Å². The van der Waals surface area contributed by atoms with Gasteiger partial charge in [0.2, 0.25) is 11.4 Å². The molecular weight excluding hydrogens is 277 g/mol. The second kappa shape index (κ2) is 5.18. The summed E-state index contributed by atoms with van der Waals surface area (Å²) in [6.45, 7) is 4.78. The summed E-state index contributed by atoms with van der Waals surface area (Å²) in [6.07, 6.45) is 0. The molecule has 7 heteroatoms. The summed E-state index contributed by atoms with van der Waals surface area (Å²) in [4.78, 5) is 19.7. The number of benzene rings is 1. The van der Waals surface area contributed by atoms with Gasteiger partial charge in [0.1, 0.15) is 0 Å². The van der Waals surface area contributed by atoms with E-state index in [9.17, 15) is 20.2 Å². The molecule has 0 heterocycles. The van der Waals surface area contributed by atoms with Crippen molar-refractivity contribution < 1.29 is 42.6 Å².